The van der Waals surface area contributed by atoms with Gasteiger partial charge in [-0.2, -0.15) is 0 Å². The smallest absolute Gasteiger partial charge is 0.0494 e. The molecule has 1 heterocycles. The van der Waals surface area contributed by atoms with Crippen LogP contribution in [0.2, 0.25) is 0 Å². The van der Waals surface area contributed by atoms with Gasteiger partial charge in [-0.15, -0.1) is 11.3 Å². The number of hydrogen-bond donors (Lipinski definition) is 1. The Hall–Kier alpha value is -1.80. The summed E-state index contributed by atoms with van der Waals surface area (Å²) in [5.74, 6) is 0. The zero-order chi connectivity index (χ0) is 13.1. The van der Waals surface area contributed by atoms with E-state index >= 15 is 0 Å². The molecule has 3 aromatic rings. The zero-order valence-electron chi connectivity index (χ0n) is 11.0. The van der Waals surface area contributed by atoms with Crippen LogP contribution in [0.25, 0.3) is 10.8 Å². The largest absolute Gasteiger partial charge is 0.380 e. The van der Waals surface area contributed by atoms with Crippen LogP contribution >= 0.6 is 11.3 Å². The molecule has 0 aliphatic rings. The predicted octanol–water partition coefficient (Wildman–Crippen LogP) is 5.08. The summed E-state index contributed by atoms with van der Waals surface area (Å²) in [6.45, 7) is 3.11. The van der Waals surface area contributed by atoms with Gasteiger partial charge in [-0.25, -0.2) is 0 Å². The topological polar surface area (TPSA) is 12.0 Å². The average molecular weight is 267 g/mol. The number of nitrogens with one attached hydrogen (secondary N) is 1. The molecule has 0 aliphatic carbocycles. The van der Waals surface area contributed by atoms with Gasteiger partial charge in [0.2, 0.25) is 0 Å². The molecule has 0 atom stereocenters. The lowest BCUT2D eigenvalue weighted by Crippen LogP contribution is -1.96. The third kappa shape index (κ3) is 2.79. The van der Waals surface area contributed by atoms with E-state index < -0.39 is 0 Å². The minimum Gasteiger partial charge on any atom is -0.380 e. The van der Waals surface area contributed by atoms with E-state index in [0.29, 0.717) is 0 Å². The maximum absolute atomic E-state index is 3.50. The van der Waals surface area contributed by atoms with Crippen LogP contribution in [0.3, 0.4) is 0 Å². The normalized spacial score (nSPS) is 10.8. The molecule has 0 spiro atoms. The zero-order valence-corrected chi connectivity index (χ0v) is 11.8. The van der Waals surface area contributed by atoms with Crippen LogP contribution in [0.1, 0.15) is 16.7 Å². The number of rotatable bonds is 4. The van der Waals surface area contributed by atoms with Crippen molar-refractivity contribution in [2.45, 2.75) is 19.9 Å². The highest BCUT2D eigenvalue weighted by Gasteiger charge is 1.99. The third-order valence-corrected chi connectivity index (χ3v) is 4.51. The van der Waals surface area contributed by atoms with Gasteiger partial charge in [-0.05, 0) is 41.5 Å². The lowest BCUT2D eigenvalue weighted by Gasteiger charge is -2.06. The van der Waals surface area contributed by atoms with Crippen LogP contribution in [-0.4, -0.2) is 0 Å². The van der Waals surface area contributed by atoms with Gasteiger partial charge in [0, 0.05) is 22.0 Å². The molecule has 0 amide bonds. The molecular weight excluding hydrogens is 250 g/mol. The molecule has 0 bridgehead atoms. The summed E-state index contributed by atoms with van der Waals surface area (Å²) in [4.78, 5) is 2.85. The second kappa shape index (κ2) is 5.45. The number of fused-ring (bicyclic) bond motifs is 1. The second-order valence-corrected chi connectivity index (χ2v) is 5.89. The fraction of sp³-hybridized carbons (Fsp3) is 0.176. The van der Waals surface area contributed by atoms with Crippen LogP contribution in [0, 0.1) is 0 Å². The van der Waals surface area contributed by atoms with Crippen LogP contribution < -0.4 is 5.32 Å². The van der Waals surface area contributed by atoms with E-state index in [1.165, 1.54) is 26.2 Å². The van der Waals surface area contributed by atoms with Gasteiger partial charge >= 0.3 is 0 Å². The van der Waals surface area contributed by atoms with Crippen molar-refractivity contribution >= 4 is 27.8 Å². The van der Waals surface area contributed by atoms with Gasteiger partial charge in [0.05, 0.1) is 0 Å². The van der Waals surface area contributed by atoms with E-state index in [4.69, 9.17) is 0 Å². The average Bonchev–Trinajstić information content (AvgIpc) is 2.93. The molecule has 0 fully saturated rings. The van der Waals surface area contributed by atoms with Crippen molar-refractivity contribution in [2.24, 2.45) is 0 Å². The molecule has 1 N–H and O–H groups in total. The van der Waals surface area contributed by atoms with E-state index in [9.17, 15) is 0 Å². The Morgan fingerprint density at radius 2 is 1.68 bits per heavy atom. The van der Waals surface area contributed by atoms with Gasteiger partial charge < -0.3 is 5.32 Å². The quantitative estimate of drug-likeness (QED) is 0.695. The molecule has 0 saturated carbocycles. The maximum atomic E-state index is 3.50. The van der Waals surface area contributed by atoms with Crippen molar-refractivity contribution in [2.75, 3.05) is 5.32 Å². The molecule has 0 saturated heterocycles. The SMILES string of the molecule is CCc1ccc(CNc2ccc3ccccc3c2)s1. The van der Waals surface area contributed by atoms with Gasteiger partial charge in [0.15, 0.2) is 0 Å². The highest BCUT2D eigenvalue weighted by molar-refractivity contribution is 7.12. The minimum atomic E-state index is 0.906. The molecule has 1 nitrogen and oxygen atoms in total. The van der Waals surface area contributed by atoms with E-state index in [1.54, 1.807) is 0 Å². The monoisotopic (exact) mass is 267 g/mol. The van der Waals surface area contributed by atoms with Crippen LogP contribution in [-0.2, 0) is 13.0 Å². The molecule has 0 aliphatic heterocycles. The summed E-state index contributed by atoms with van der Waals surface area (Å²) in [5.41, 5.74) is 1.19. The molecule has 0 radical (unpaired) electrons. The summed E-state index contributed by atoms with van der Waals surface area (Å²) < 4.78 is 0. The van der Waals surface area contributed by atoms with E-state index in [2.05, 4.69) is 66.8 Å². The van der Waals surface area contributed by atoms with Gasteiger partial charge in [-0.1, -0.05) is 37.3 Å². The molecule has 2 aromatic carbocycles. The minimum absolute atomic E-state index is 0.906. The summed E-state index contributed by atoms with van der Waals surface area (Å²) >= 11 is 1.89. The Kier molecular flexibility index (Phi) is 3.51. The Labute approximate surface area is 117 Å². The van der Waals surface area contributed by atoms with Crippen molar-refractivity contribution < 1.29 is 0 Å². The number of anilines is 1. The first-order valence-corrected chi connectivity index (χ1v) is 7.47. The fourth-order valence-electron chi connectivity index (χ4n) is 2.20. The van der Waals surface area contributed by atoms with Gasteiger partial charge in [0.25, 0.3) is 0 Å². The highest BCUT2D eigenvalue weighted by Crippen LogP contribution is 2.21. The highest BCUT2D eigenvalue weighted by atomic mass is 32.1. The van der Waals surface area contributed by atoms with Crippen molar-refractivity contribution in [3.63, 3.8) is 0 Å². The molecular formula is C17H17NS. The second-order valence-electron chi connectivity index (χ2n) is 4.64. The third-order valence-electron chi connectivity index (χ3n) is 3.28. The molecule has 0 unspecified atom stereocenters. The Morgan fingerprint density at radius 1 is 0.895 bits per heavy atom. The number of thiophene rings is 1. The maximum Gasteiger partial charge on any atom is 0.0494 e. The Balaban J connectivity index is 1.74. The molecule has 19 heavy (non-hydrogen) atoms. The molecule has 3 rings (SSSR count). The number of aryl methyl sites for hydroxylation is 1. The Bertz CT molecular complexity index is 684. The van der Waals surface area contributed by atoms with Gasteiger partial charge in [-0.3, -0.25) is 0 Å². The summed E-state index contributed by atoms with van der Waals surface area (Å²) in [6.07, 6.45) is 1.13. The van der Waals surface area contributed by atoms with E-state index in [0.717, 1.165) is 13.0 Å². The first-order chi connectivity index (χ1) is 9.35. The van der Waals surface area contributed by atoms with Crippen molar-refractivity contribution in [1.82, 2.24) is 0 Å². The summed E-state index contributed by atoms with van der Waals surface area (Å²) in [6, 6.07) is 19.4. The van der Waals surface area contributed by atoms with Crippen molar-refractivity contribution in [3.8, 4) is 0 Å². The summed E-state index contributed by atoms with van der Waals surface area (Å²) in [5, 5.41) is 6.08. The van der Waals surface area contributed by atoms with E-state index in [-0.39, 0.29) is 0 Å². The van der Waals surface area contributed by atoms with Crippen LogP contribution in [0.4, 0.5) is 5.69 Å². The first-order valence-electron chi connectivity index (χ1n) is 6.65. The molecule has 2 heteroatoms. The van der Waals surface area contributed by atoms with Crippen LogP contribution in [0.15, 0.2) is 54.6 Å². The summed E-state index contributed by atoms with van der Waals surface area (Å²) in [7, 11) is 0. The lowest BCUT2D eigenvalue weighted by atomic mass is 10.1. The predicted molar refractivity (Wildman–Crippen MR) is 85.0 cm³/mol. The molecule has 96 valence electrons. The standard InChI is InChI=1S/C17H17NS/c1-2-16-9-10-17(19-16)12-18-15-8-7-13-5-3-4-6-14(13)11-15/h3-11,18H,2,12H2,1H3. The number of hydrogen-bond acceptors (Lipinski definition) is 2. The van der Waals surface area contributed by atoms with Crippen molar-refractivity contribution in [3.05, 3.63) is 64.4 Å². The van der Waals surface area contributed by atoms with E-state index in [1.807, 2.05) is 11.3 Å². The van der Waals surface area contributed by atoms with Crippen LogP contribution in [0.5, 0.6) is 0 Å². The van der Waals surface area contributed by atoms with Gasteiger partial charge in [0.1, 0.15) is 0 Å². The number of benzene rings is 2. The molecule has 1 aromatic heterocycles. The Morgan fingerprint density at radius 3 is 2.47 bits per heavy atom. The van der Waals surface area contributed by atoms with Crippen molar-refractivity contribution in [1.29, 1.82) is 0 Å². The lowest BCUT2D eigenvalue weighted by molar-refractivity contribution is 1.19. The fourth-order valence-corrected chi connectivity index (χ4v) is 3.09. The first kappa shape index (κ1) is 12.2.